The predicted octanol–water partition coefficient (Wildman–Crippen LogP) is 2.55. The van der Waals surface area contributed by atoms with Crippen LogP contribution in [0.2, 0.25) is 0 Å². The first-order valence-electron chi connectivity index (χ1n) is 5.55. The second kappa shape index (κ2) is 5.51. The molecule has 0 saturated carbocycles. The van der Waals surface area contributed by atoms with E-state index in [1.807, 2.05) is 24.3 Å². The third-order valence-electron chi connectivity index (χ3n) is 2.81. The number of rotatable bonds is 3. The molecule has 4 nitrogen and oxygen atoms in total. The summed E-state index contributed by atoms with van der Waals surface area (Å²) in [6.45, 7) is 0.489. The number of nitrogens with zero attached hydrogens (tertiary/aromatic N) is 1. The van der Waals surface area contributed by atoms with Crippen LogP contribution in [0.4, 0.5) is 10.5 Å². The molecule has 1 atom stereocenters. The van der Waals surface area contributed by atoms with E-state index >= 15 is 0 Å². The Morgan fingerprint density at radius 2 is 2.24 bits per heavy atom. The van der Waals surface area contributed by atoms with Crippen LogP contribution in [0.5, 0.6) is 0 Å². The van der Waals surface area contributed by atoms with Crippen molar-refractivity contribution in [2.45, 2.75) is 18.9 Å². The van der Waals surface area contributed by atoms with Crippen molar-refractivity contribution in [3.05, 3.63) is 28.7 Å². The van der Waals surface area contributed by atoms with Gasteiger partial charge in [-0.15, -0.1) is 0 Å². The van der Waals surface area contributed by atoms with Crippen molar-refractivity contribution >= 4 is 27.7 Å². The summed E-state index contributed by atoms with van der Waals surface area (Å²) in [4.78, 5) is 13.4. The number of amides is 1. The average molecular weight is 300 g/mol. The standard InChI is InChI=1S/C12H14BrNO3/c13-10-3-1-2-4-11(10)14-9(5-7-15)6-8-17-12(14)16/h1-4,9,15H,5-8H2. The van der Waals surface area contributed by atoms with Crippen molar-refractivity contribution in [2.75, 3.05) is 18.1 Å². The van der Waals surface area contributed by atoms with Crippen LogP contribution in [0.3, 0.4) is 0 Å². The molecule has 5 heteroatoms. The highest BCUT2D eigenvalue weighted by atomic mass is 79.9. The zero-order chi connectivity index (χ0) is 12.3. The van der Waals surface area contributed by atoms with Crippen LogP contribution >= 0.6 is 15.9 Å². The fraction of sp³-hybridized carbons (Fsp3) is 0.417. The number of carbonyl (C=O) groups excluding carboxylic acids is 1. The number of carbonyl (C=O) groups is 1. The van der Waals surface area contributed by atoms with Crippen molar-refractivity contribution < 1.29 is 14.6 Å². The van der Waals surface area contributed by atoms with Crippen LogP contribution in [0.15, 0.2) is 28.7 Å². The van der Waals surface area contributed by atoms with E-state index in [2.05, 4.69) is 15.9 Å². The summed E-state index contributed by atoms with van der Waals surface area (Å²) in [6, 6.07) is 7.51. The van der Waals surface area contributed by atoms with Gasteiger partial charge in [-0.3, -0.25) is 4.90 Å². The summed E-state index contributed by atoms with van der Waals surface area (Å²) in [5, 5.41) is 9.05. The number of cyclic esters (lactones) is 1. The molecule has 1 heterocycles. The predicted molar refractivity (Wildman–Crippen MR) is 68.1 cm³/mol. The van der Waals surface area contributed by atoms with Crippen molar-refractivity contribution in [1.29, 1.82) is 0 Å². The molecule has 1 saturated heterocycles. The Labute approximate surface area is 108 Å². The quantitative estimate of drug-likeness (QED) is 0.933. The summed E-state index contributed by atoms with van der Waals surface area (Å²) < 4.78 is 5.91. The topological polar surface area (TPSA) is 49.8 Å². The van der Waals surface area contributed by atoms with E-state index in [9.17, 15) is 4.79 Å². The maximum Gasteiger partial charge on any atom is 0.414 e. The lowest BCUT2D eigenvalue weighted by atomic mass is 10.1. The second-order valence-electron chi connectivity index (χ2n) is 3.89. The van der Waals surface area contributed by atoms with Crippen molar-refractivity contribution in [3.63, 3.8) is 0 Å². The molecule has 0 radical (unpaired) electrons. The molecular weight excluding hydrogens is 286 g/mol. The first kappa shape index (κ1) is 12.4. The van der Waals surface area contributed by atoms with Gasteiger partial charge in [0.2, 0.25) is 0 Å². The molecule has 1 aromatic carbocycles. The van der Waals surface area contributed by atoms with Crippen molar-refractivity contribution in [1.82, 2.24) is 0 Å². The highest BCUT2D eigenvalue weighted by Crippen LogP contribution is 2.31. The number of para-hydroxylation sites is 1. The molecular formula is C12H14BrNO3. The Morgan fingerprint density at radius 3 is 2.94 bits per heavy atom. The maximum absolute atomic E-state index is 11.8. The number of halogens is 1. The normalized spacial score (nSPS) is 20.2. The molecule has 0 aromatic heterocycles. The Balaban J connectivity index is 2.31. The molecule has 17 heavy (non-hydrogen) atoms. The van der Waals surface area contributed by atoms with Crippen LogP contribution < -0.4 is 4.90 Å². The highest BCUT2D eigenvalue weighted by molar-refractivity contribution is 9.10. The van der Waals surface area contributed by atoms with Crippen LogP contribution in [-0.2, 0) is 4.74 Å². The van der Waals surface area contributed by atoms with Crippen LogP contribution in [0, 0.1) is 0 Å². The van der Waals surface area contributed by atoms with Crippen LogP contribution in [0.1, 0.15) is 12.8 Å². The van der Waals surface area contributed by atoms with Gasteiger partial charge in [0.15, 0.2) is 0 Å². The first-order chi connectivity index (χ1) is 8.24. The molecule has 1 fully saturated rings. The highest BCUT2D eigenvalue weighted by Gasteiger charge is 2.31. The van der Waals surface area contributed by atoms with Gasteiger partial charge in [0, 0.05) is 23.5 Å². The van der Waals surface area contributed by atoms with Gasteiger partial charge in [0.25, 0.3) is 0 Å². The minimum absolute atomic E-state index is 0.0000463. The number of benzene rings is 1. The molecule has 0 aliphatic carbocycles. The van der Waals surface area contributed by atoms with E-state index in [-0.39, 0.29) is 18.7 Å². The SMILES string of the molecule is O=C1OCCC(CCO)N1c1ccccc1Br. The molecule has 1 unspecified atom stereocenters. The van der Waals surface area contributed by atoms with E-state index in [4.69, 9.17) is 9.84 Å². The van der Waals surface area contributed by atoms with E-state index in [0.717, 1.165) is 16.6 Å². The average Bonchev–Trinajstić information content (AvgIpc) is 2.31. The first-order valence-corrected chi connectivity index (χ1v) is 6.34. The molecule has 1 amide bonds. The van der Waals surface area contributed by atoms with Gasteiger partial charge in [0.1, 0.15) is 0 Å². The minimum atomic E-state index is -0.346. The van der Waals surface area contributed by atoms with Gasteiger partial charge in [0.05, 0.1) is 12.3 Å². The number of hydrogen-bond donors (Lipinski definition) is 1. The molecule has 2 rings (SSSR count). The molecule has 1 aliphatic rings. The zero-order valence-electron chi connectivity index (χ0n) is 9.30. The Morgan fingerprint density at radius 1 is 1.47 bits per heavy atom. The van der Waals surface area contributed by atoms with E-state index in [1.54, 1.807) is 4.90 Å². The number of aliphatic hydroxyl groups is 1. The van der Waals surface area contributed by atoms with Gasteiger partial charge < -0.3 is 9.84 Å². The Hall–Kier alpha value is -1.07. The van der Waals surface area contributed by atoms with Crippen molar-refractivity contribution in [2.24, 2.45) is 0 Å². The Kier molecular flexibility index (Phi) is 4.02. The minimum Gasteiger partial charge on any atom is -0.449 e. The summed E-state index contributed by atoms with van der Waals surface area (Å²) in [5.41, 5.74) is 0.788. The summed E-state index contributed by atoms with van der Waals surface area (Å²) in [6.07, 6.45) is 0.964. The number of anilines is 1. The summed E-state index contributed by atoms with van der Waals surface area (Å²) in [7, 11) is 0. The van der Waals surface area contributed by atoms with E-state index < -0.39 is 0 Å². The molecule has 92 valence electrons. The fourth-order valence-corrected chi connectivity index (χ4v) is 2.47. The summed E-state index contributed by atoms with van der Waals surface area (Å²) >= 11 is 3.43. The summed E-state index contributed by atoms with van der Waals surface area (Å²) in [5.74, 6) is 0. The fourth-order valence-electron chi connectivity index (χ4n) is 1.99. The zero-order valence-corrected chi connectivity index (χ0v) is 10.9. The number of hydrogen-bond acceptors (Lipinski definition) is 3. The van der Waals surface area contributed by atoms with E-state index in [1.165, 1.54) is 0 Å². The largest absolute Gasteiger partial charge is 0.449 e. The molecule has 0 spiro atoms. The lowest BCUT2D eigenvalue weighted by Gasteiger charge is -2.35. The molecule has 1 aromatic rings. The van der Waals surface area contributed by atoms with Crippen LogP contribution in [-0.4, -0.2) is 30.5 Å². The number of ether oxygens (including phenoxy) is 1. The molecule has 0 bridgehead atoms. The third kappa shape index (κ3) is 2.61. The lowest BCUT2D eigenvalue weighted by Crippen LogP contribution is -2.46. The molecule has 1 N–H and O–H groups in total. The van der Waals surface area contributed by atoms with Gasteiger partial charge in [-0.25, -0.2) is 4.79 Å². The lowest BCUT2D eigenvalue weighted by molar-refractivity contribution is 0.124. The van der Waals surface area contributed by atoms with Gasteiger partial charge in [-0.2, -0.15) is 0 Å². The van der Waals surface area contributed by atoms with Crippen LogP contribution in [0.25, 0.3) is 0 Å². The molecule has 1 aliphatic heterocycles. The van der Waals surface area contributed by atoms with Gasteiger partial charge in [-0.05, 0) is 34.5 Å². The Bertz CT molecular complexity index is 408. The monoisotopic (exact) mass is 299 g/mol. The maximum atomic E-state index is 11.8. The number of aliphatic hydroxyl groups excluding tert-OH is 1. The van der Waals surface area contributed by atoms with Gasteiger partial charge in [-0.1, -0.05) is 12.1 Å². The third-order valence-corrected chi connectivity index (χ3v) is 3.48. The smallest absolute Gasteiger partial charge is 0.414 e. The van der Waals surface area contributed by atoms with E-state index in [0.29, 0.717) is 13.0 Å². The second-order valence-corrected chi connectivity index (χ2v) is 4.74. The van der Waals surface area contributed by atoms with Crippen molar-refractivity contribution in [3.8, 4) is 0 Å². The van der Waals surface area contributed by atoms with Gasteiger partial charge >= 0.3 is 6.09 Å².